The van der Waals surface area contributed by atoms with E-state index in [1.807, 2.05) is 4.90 Å². The summed E-state index contributed by atoms with van der Waals surface area (Å²) < 4.78 is 38.7. The first-order valence-corrected chi connectivity index (χ1v) is 12.5. The van der Waals surface area contributed by atoms with Crippen LogP contribution in [0.3, 0.4) is 0 Å². The molecule has 3 aromatic rings. The zero-order valence-electron chi connectivity index (χ0n) is 18.5. The average Bonchev–Trinajstić information content (AvgIpc) is 3.19. The number of fused-ring (bicyclic) bond motifs is 1. The lowest BCUT2D eigenvalue weighted by Crippen LogP contribution is -2.50. The quantitative estimate of drug-likeness (QED) is 0.506. The van der Waals surface area contributed by atoms with Gasteiger partial charge in [0.15, 0.2) is 5.58 Å². The molecule has 1 amide bonds. The summed E-state index contributed by atoms with van der Waals surface area (Å²) in [4.78, 5) is 33.2. The number of sulfonamides is 1. The van der Waals surface area contributed by atoms with E-state index in [9.17, 15) is 18.0 Å². The summed E-state index contributed by atoms with van der Waals surface area (Å²) in [6.45, 7) is 3.41. The molecule has 11 nitrogen and oxygen atoms in total. The molecule has 0 bridgehead atoms. The maximum Gasteiger partial charge on any atom is 0.420 e. The number of nitrogens with zero attached hydrogens (tertiary/aromatic N) is 5. The van der Waals surface area contributed by atoms with Gasteiger partial charge in [-0.1, -0.05) is 12.1 Å². The predicted molar refractivity (Wildman–Crippen MR) is 123 cm³/mol. The van der Waals surface area contributed by atoms with E-state index in [4.69, 9.17) is 9.15 Å². The minimum absolute atomic E-state index is 0.0812. The Morgan fingerprint density at radius 3 is 2.41 bits per heavy atom. The van der Waals surface area contributed by atoms with Crippen LogP contribution in [0.25, 0.3) is 11.1 Å². The highest BCUT2D eigenvalue weighted by molar-refractivity contribution is 7.89. The number of anilines is 1. The van der Waals surface area contributed by atoms with E-state index >= 15 is 0 Å². The number of oxazole rings is 1. The van der Waals surface area contributed by atoms with Gasteiger partial charge in [0.25, 0.3) is 0 Å². The summed E-state index contributed by atoms with van der Waals surface area (Å²) in [5, 5.41) is 0. The van der Waals surface area contributed by atoms with Crippen molar-refractivity contribution >= 4 is 32.8 Å². The number of carbonyl (C=O) groups excluding carboxylic acids is 1. The molecule has 0 radical (unpaired) electrons. The zero-order valence-corrected chi connectivity index (χ0v) is 19.3. The first-order valence-electron chi connectivity index (χ1n) is 11.1. The lowest BCUT2D eigenvalue weighted by atomic mass is 10.3. The highest BCUT2D eigenvalue weighted by atomic mass is 32.2. The van der Waals surface area contributed by atoms with Crippen LogP contribution in [0.2, 0.25) is 0 Å². The third-order valence-corrected chi connectivity index (χ3v) is 8.03. The molecule has 2 aromatic heterocycles. The first kappa shape index (κ1) is 22.6. The molecule has 0 spiro atoms. The SMILES string of the molecule is O=C(Cn1c(=O)oc2ccccc21)N1CCN(c2ccc(S(=O)(=O)N3CCOCC3)cn2)CC1. The molecule has 0 saturated carbocycles. The summed E-state index contributed by atoms with van der Waals surface area (Å²) in [6.07, 6.45) is 1.38. The largest absolute Gasteiger partial charge is 0.420 e. The van der Waals surface area contributed by atoms with Gasteiger partial charge >= 0.3 is 5.76 Å². The molecule has 34 heavy (non-hydrogen) atoms. The lowest BCUT2D eigenvalue weighted by molar-refractivity contribution is -0.132. The fraction of sp³-hybridized carbons (Fsp3) is 0.409. The molecule has 2 fully saturated rings. The van der Waals surface area contributed by atoms with Gasteiger partial charge in [0.05, 0.1) is 18.7 Å². The minimum Gasteiger partial charge on any atom is -0.408 e. The van der Waals surface area contributed by atoms with Gasteiger partial charge in [-0.2, -0.15) is 4.31 Å². The van der Waals surface area contributed by atoms with Crippen LogP contribution in [0, 0.1) is 0 Å². The number of para-hydroxylation sites is 2. The number of rotatable bonds is 5. The zero-order chi connectivity index (χ0) is 23.7. The maximum atomic E-state index is 12.8. The molecule has 2 saturated heterocycles. The van der Waals surface area contributed by atoms with Crippen molar-refractivity contribution in [3.8, 4) is 0 Å². The van der Waals surface area contributed by atoms with E-state index < -0.39 is 15.8 Å². The molecular weight excluding hydrogens is 462 g/mol. The van der Waals surface area contributed by atoms with Crippen LogP contribution >= 0.6 is 0 Å². The number of ether oxygens (including phenoxy) is 1. The Balaban J connectivity index is 1.21. The van der Waals surface area contributed by atoms with Gasteiger partial charge in [-0.05, 0) is 24.3 Å². The van der Waals surface area contributed by atoms with Crippen LogP contribution in [0.1, 0.15) is 0 Å². The normalized spacial score (nSPS) is 17.9. The minimum atomic E-state index is -3.59. The monoisotopic (exact) mass is 487 g/mol. The number of morpholine rings is 1. The standard InChI is InChI=1S/C22H25N5O6S/c28-21(16-27-18-3-1-2-4-19(18)33-22(27)29)25-9-7-24(8-10-25)20-6-5-17(15-23-20)34(30,31)26-11-13-32-14-12-26/h1-6,15H,7-14,16H2. The second-order valence-electron chi connectivity index (χ2n) is 8.16. The van der Waals surface area contributed by atoms with E-state index in [0.29, 0.717) is 69.4 Å². The van der Waals surface area contributed by atoms with Crippen LogP contribution in [-0.4, -0.2) is 85.6 Å². The summed E-state index contributed by atoms with van der Waals surface area (Å²) in [5.74, 6) is -0.0530. The van der Waals surface area contributed by atoms with Crippen LogP contribution < -0.4 is 10.7 Å². The first-order chi connectivity index (χ1) is 16.4. The fourth-order valence-corrected chi connectivity index (χ4v) is 5.59. The molecule has 1 aromatic carbocycles. The third kappa shape index (κ3) is 4.31. The molecule has 0 aliphatic carbocycles. The molecule has 2 aliphatic rings. The van der Waals surface area contributed by atoms with Crippen LogP contribution in [0.4, 0.5) is 5.82 Å². The second-order valence-corrected chi connectivity index (χ2v) is 10.1. The van der Waals surface area contributed by atoms with Crippen molar-refractivity contribution in [3.05, 3.63) is 53.1 Å². The van der Waals surface area contributed by atoms with Gasteiger partial charge in [0, 0.05) is 45.5 Å². The van der Waals surface area contributed by atoms with Gasteiger partial charge in [0.2, 0.25) is 15.9 Å². The highest BCUT2D eigenvalue weighted by Crippen LogP contribution is 2.20. The van der Waals surface area contributed by atoms with Crippen LogP contribution in [0.5, 0.6) is 0 Å². The second kappa shape index (κ2) is 9.20. The summed E-state index contributed by atoms with van der Waals surface area (Å²) in [5.41, 5.74) is 1.05. The van der Waals surface area contributed by atoms with E-state index in [1.165, 1.54) is 15.1 Å². The molecular formula is C22H25N5O6S. The van der Waals surface area contributed by atoms with Crippen molar-refractivity contribution < 1.29 is 22.4 Å². The van der Waals surface area contributed by atoms with Gasteiger partial charge in [-0.15, -0.1) is 0 Å². The van der Waals surface area contributed by atoms with Gasteiger partial charge in [0.1, 0.15) is 17.3 Å². The topological polar surface area (TPSA) is 118 Å². The van der Waals surface area contributed by atoms with Gasteiger partial charge < -0.3 is 19.0 Å². The number of pyridine rings is 1. The lowest BCUT2D eigenvalue weighted by Gasteiger charge is -2.35. The maximum absolute atomic E-state index is 12.8. The molecule has 5 rings (SSSR count). The number of hydrogen-bond donors (Lipinski definition) is 0. The highest BCUT2D eigenvalue weighted by Gasteiger charge is 2.28. The number of benzene rings is 1. The smallest absolute Gasteiger partial charge is 0.408 e. The molecule has 0 N–H and O–H groups in total. The summed E-state index contributed by atoms with van der Waals surface area (Å²) in [6, 6.07) is 10.3. The van der Waals surface area contributed by atoms with Gasteiger partial charge in [-0.3, -0.25) is 9.36 Å². The van der Waals surface area contributed by atoms with Crippen molar-refractivity contribution in [1.29, 1.82) is 0 Å². The van der Waals surface area contributed by atoms with E-state index in [2.05, 4.69) is 4.98 Å². The Hall–Kier alpha value is -3.22. The Labute approximate surface area is 196 Å². The third-order valence-electron chi connectivity index (χ3n) is 6.15. The van der Waals surface area contributed by atoms with Crippen LogP contribution in [-0.2, 0) is 26.1 Å². The van der Waals surface area contributed by atoms with Crippen molar-refractivity contribution in [1.82, 2.24) is 18.8 Å². The molecule has 180 valence electrons. The number of piperazine rings is 1. The van der Waals surface area contributed by atoms with E-state index in [-0.39, 0.29) is 17.3 Å². The molecule has 0 atom stereocenters. The number of amides is 1. The van der Waals surface area contributed by atoms with Crippen molar-refractivity contribution in [2.45, 2.75) is 11.4 Å². The Morgan fingerprint density at radius 1 is 0.971 bits per heavy atom. The summed E-state index contributed by atoms with van der Waals surface area (Å²) >= 11 is 0. The fourth-order valence-electron chi connectivity index (χ4n) is 4.23. The molecule has 4 heterocycles. The Bertz CT molecular complexity index is 1340. The number of aromatic nitrogens is 2. The summed E-state index contributed by atoms with van der Waals surface area (Å²) in [7, 11) is -3.59. The van der Waals surface area contributed by atoms with E-state index in [0.717, 1.165) is 0 Å². The average molecular weight is 488 g/mol. The van der Waals surface area contributed by atoms with Crippen molar-refractivity contribution in [2.24, 2.45) is 0 Å². The predicted octanol–water partition coefficient (Wildman–Crippen LogP) is 0.359. The van der Waals surface area contributed by atoms with Gasteiger partial charge in [-0.25, -0.2) is 18.2 Å². The Kier molecular flexibility index (Phi) is 6.11. The van der Waals surface area contributed by atoms with Crippen molar-refractivity contribution in [2.75, 3.05) is 57.4 Å². The van der Waals surface area contributed by atoms with E-state index in [1.54, 1.807) is 41.3 Å². The number of hydrogen-bond acceptors (Lipinski definition) is 8. The van der Waals surface area contributed by atoms with Crippen LogP contribution in [0.15, 0.2) is 56.7 Å². The van der Waals surface area contributed by atoms with Crippen molar-refractivity contribution in [3.63, 3.8) is 0 Å². The molecule has 2 aliphatic heterocycles. The molecule has 0 unspecified atom stereocenters. The number of carbonyl (C=O) groups is 1. The Morgan fingerprint density at radius 2 is 1.71 bits per heavy atom. The molecule has 12 heteroatoms.